The molecule has 80 valence electrons. The van der Waals surface area contributed by atoms with Gasteiger partial charge in [0.2, 0.25) is 0 Å². The van der Waals surface area contributed by atoms with Gasteiger partial charge >= 0.3 is 0 Å². The number of nitrogens with one attached hydrogen (secondary N) is 1. The van der Waals surface area contributed by atoms with Crippen LogP contribution >= 0.6 is 0 Å². The second-order valence-corrected chi connectivity index (χ2v) is 3.18. The van der Waals surface area contributed by atoms with E-state index in [2.05, 4.69) is 20.5 Å². The van der Waals surface area contributed by atoms with E-state index in [0.29, 0.717) is 5.82 Å². The summed E-state index contributed by atoms with van der Waals surface area (Å²) in [6.07, 6.45) is 1.69. The lowest BCUT2D eigenvalue weighted by Gasteiger charge is -1.98. The highest BCUT2D eigenvalue weighted by molar-refractivity contribution is 5.50. The van der Waals surface area contributed by atoms with Crippen molar-refractivity contribution in [2.75, 3.05) is 12.4 Å². The Kier molecular flexibility index (Phi) is 3.23. The molecule has 2 aromatic rings. The predicted octanol–water partition coefficient (Wildman–Crippen LogP) is 3.54. The zero-order valence-corrected chi connectivity index (χ0v) is 8.96. The maximum Gasteiger partial charge on any atom is 0.174 e. The van der Waals surface area contributed by atoms with E-state index in [1.807, 2.05) is 49.5 Å². The summed E-state index contributed by atoms with van der Waals surface area (Å²) in [6.45, 7) is 0. The highest BCUT2D eigenvalue weighted by atomic mass is 15.1. The SMILES string of the molecule is CNc1ccc(N=Nc2ccccn2)cc1. The number of rotatable bonds is 3. The summed E-state index contributed by atoms with van der Waals surface area (Å²) in [5.74, 6) is 0.611. The summed E-state index contributed by atoms with van der Waals surface area (Å²) in [5.41, 5.74) is 1.86. The van der Waals surface area contributed by atoms with Gasteiger partial charge in [-0.1, -0.05) is 6.07 Å². The van der Waals surface area contributed by atoms with E-state index in [0.717, 1.165) is 11.4 Å². The van der Waals surface area contributed by atoms with Crippen LogP contribution in [0.4, 0.5) is 17.2 Å². The normalized spacial score (nSPS) is 10.6. The molecule has 0 atom stereocenters. The molecule has 0 aliphatic heterocycles. The number of hydrogen-bond donors (Lipinski definition) is 1. The van der Waals surface area contributed by atoms with Crippen molar-refractivity contribution in [1.29, 1.82) is 0 Å². The van der Waals surface area contributed by atoms with Crippen LogP contribution in [0.25, 0.3) is 0 Å². The molecule has 0 spiro atoms. The summed E-state index contributed by atoms with van der Waals surface area (Å²) in [4.78, 5) is 4.05. The molecule has 0 saturated heterocycles. The van der Waals surface area contributed by atoms with Gasteiger partial charge in [0.25, 0.3) is 0 Å². The van der Waals surface area contributed by atoms with Crippen molar-refractivity contribution in [3.63, 3.8) is 0 Å². The number of pyridine rings is 1. The van der Waals surface area contributed by atoms with Gasteiger partial charge in [0.15, 0.2) is 5.82 Å². The topological polar surface area (TPSA) is 49.6 Å². The highest BCUT2D eigenvalue weighted by Gasteiger charge is 1.91. The van der Waals surface area contributed by atoms with Crippen molar-refractivity contribution < 1.29 is 0 Å². The molecule has 2 rings (SSSR count). The van der Waals surface area contributed by atoms with E-state index >= 15 is 0 Å². The molecular weight excluding hydrogens is 200 g/mol. The molecule has 1 aromatic heterocycles. The van der Waals surface area contributed by atoms with Gasteiger partial charge in [-0.15, -0.1) is 10.2 Å². The predicted molar refractivity (Wildman–Crippen MR) is 64.4 cm³/mol. The quantitative estimate of drug-likeness (QED) is 0.791. The van der Waals surface area contributed by atoms with Crippen LogP contribution in [0.5, 0.6) is 0 Å². The molecule has 1 heterocycles. The van der Waals surface area contributed by atoms with Crippen LogP contribution in [0.15, 0.2) is 58.9 Å². The smallest absolute Gasteiger partial charge is 0.174 e. The Morgan fingerprint density at radius 3 is 2.44 bits per heavy atom. The maximum atomic E-state index is 4.09. The Morgan fingerprint density at radius 2 is 1.81 bits per heavy atom. The first-order valence-corrected chi connectivity index (χ1v) is 4.99. The minimum absolute atomic E-state index is 0.611. The number of azo groups is 1. The number of benzene rings is 1. The fourth-order valence-corrected chi connectivity index (χ4v) is 1.22. The number of hydrogen-bond acceptors (Lipinski definition) is 4. The molecule has 0 aliphatic carbocycles. The summed E-state index contributed by atoms with van der Waals surface area (Å²) in [7, 11) is 1.88. The molecule has 0 bridgehead atoms. The summed E-state index contributed by atoms with van der Waals surface area (Å²) < 4.78 is 0. The average molecular weight is 212 g/mol. The van der Waals surface area contributed by atoms with Crippen LogP contribution in [-0.2, 0) is 0 Å². The maximum absolute atomic E-state index is 4.09. The monoisotopic (exact) mass is 212 g/mol. The van der Waals surface area contributed by atoms with Crippen LogP contribution in [-0.4, -0.2) is 12.0 Å². The molecule has 0 unspecified atom stereocenters. The van der Waals surface area contributed by atoms with Crippen LogP contribution in [0.2, 0.25) is 0 Å². The van der Waals surface area contributed by atoms with Crippen molar-refractivity contribution in [3.05, 3.63) is 48.7 Å². The molecule has 0 fully saturated rings. The highest BCUT2D eigenvalue weighted by Crippen LogP contribution is 2.18. The van der Waals surface area contributed by atoms with Gasteiger partial charge in [-0.25, -0.2) is 4.98 Å². The standard InChI is InChI=1S/C12H12N4/c1-13-10-5-7-11(8-6-10)15-16-12-4-2-3-9-14-12/h2-9,13H,1H3. The summed E-state index contributed by atoms with van der Waals surface area (Å²) in [6, 6.07) is 13.2. The second-order valence-electron chi connectivity index (χ2n) is 3.18. The van der Waals surface area contributed by atoms with Crippen LogP contribution in [0.3, 0.4) is 0 Å². The number of anilines is 1. The van der Waals surface area contributed by atoms with Gasteiger partial charge < -0.3 is 5.32 Å². The van der Waals surface area contributed by atoms with Gasteiger partial charge in [0.1, 0.15) is 0 Å². The molecule has 0 radical (unpaired) electrons. The van der Waals surface area contributed by atoms with Gasteiger partial charge in [0.05, 0.1) is 5.69 Å². The van der Waals surface area contributed by atoms with Crippen LogP contribution in [0, 0.1) is 0 Å². The third kappa shape index (κ3) is 2.63. The molecule has 0 aliphatic rings. The van der Waals surface area contributed by atoms with Crippen LogP contribution in [0.1, 0.15) is 0 Å². The largest absolute Gasteiger partial charge is 0.388 e. The van der Waals surface area contributed by atoms with Crippen molar-refractivity contribution in [1.82, 2.24) is 4.98 Å². The Bertz CT molecular complexity index is 462. The molecule has 1 aromatic carbocycles. The number of aromatic nitrogens is 1. The van der Waals surface area contributed by atoms with Crippen molar-refractivity contribution in [2.24, 2.45) is 10.2 Å². The third-order valence-corrected chi connectivity index (χ3v) is 2.07. The zero-order chi connectivity index (χ0) is 11.2. The molecule has 0 saturated carbocycles. The zero-order valence-electron chi connectivity index (χ0n) is 8.96. The Hall–Kier alpha value is -2.23. The molecule has 4 heteroatoms. The Labute approximate surface area is 94.1 Å². The van der Waals surface area contributed by atoms with Gasteiger partial charge in [0, 0.05) is 18.9 Å². The first-order chi connectivity index (χ1) is 7.88. The second kappa shape index (κ2) is 5.02. The van der Waals surface area contributed by atoms with E-state index in [1.165, 1.54) is 0 Å². The fourth-order valence-electron chi connectivity index (χ4n) is 1.22. The van der Waals surface area contributed by atoms with Crippen molar-refractivity contribution >= 4 is 17.2 Å². The van der Waals surface area contributed by atoms with E-state index in [4.69, 9.17) is 0 Å². The molecule has 0 amide bonds. The van der Waals surface area contributed by atoms with Gasteiger partial charge in [-0.3, -0.25) is 0 Å². The molecular formula is C12H12N4. The Morgan fingerprint density at radius 1 is 1.00 bits per heavy atom. The van der Waals surface area contributed by atoms with Crippen molar-refractivity contribution in [3.8, 4) is 0 Å². The summed E-state index contributed by atoms with van der Waals surface area (Å²) >= 11 is 0. The fraction of sp³-hybridized carbons (Fsp3) is 0.0833. The molecule has 4 nitrogen and oxygen atoms in total. The minimum atomic E-state index is 0.611. The lowest BCUT2D eigenvalue weighted by Crippen LogP contribution is -1.85. The lowest BCUT2D eigenvalue weighted by molar-refractivity contribution is 1.15. The lowest BCUT2D eigenvalue weighted by atomic mass is 10.3. The summed E-state index contributed by atoms with van der Waals surface area (Å²) in [5, 5.41) is 11.2. The average Bonchev–Trinajstić information content (AvgIpc) is 2.38. The first-order valence-electron chi connectivity index (χ1n) is 4.99. The van der Waals surface area contributed by atoms with E-state index < -0.39 is 0 Å². The third-order valence-electron chi connectivity index (χ3n) is 2.07. The van der Waals surface area contributed by atoms with Gasteiger partial charge in [-0.05, 0) is 36.4 Å². The van der Waals surface area contributed by atoms with E-state index in [-0.39, 0.29) is 0 Å². The van der Waals surface area contributed by atoms with Crippen molar-refractivity contribution in [2.45, 2.75) is 0 Å². The molecule has 1 N–H and O–H groups in total. The van der Waals surface area contributed by atoms with Crippen LogP contribution < -0.4 is 5.32 Å². The van der Waals surface area contributed by atoms with E-state index in [9.17, 15) is 0 Å². The van der Waals surface area contributed by atoms with Gasteiger partial charge in [-0.2, -0.15) is 0 Å². The minimum Gasteiger partial charge on any atom is -0.388 e. The molecule has 16 heavy (non-hydrogen) atoms. The van der Waals surface area contributed by atoms with E-state index in [1.54, 1.807) is 6.20 Å². The first kappa shape index (κ1) is 10.3. The number of nitrogens with zero attached hydrogens (tertiary/aromatic N) is 3. The Balaban J connectivity index is 2.12.